The minimum Gasteiger partial charge on any atom is -0.346 e. The first-order chi connectivity index (χ1) is 8.22. The van der Waals surface area contributed by atoms with Crippen molar-refractivity contribution in [2.45, 2.75) is 38.6 Å². The van der Waals surface area contributed by atoms with E-state index in [1.54, 1.807) is 0 Å². The zero-order valence-electron chi connectivity index (χ0n) is 9.98. The average molecular weight is 238 g/mol. The van der Waals surface area contributed by atoms with E-state index in [4.69, 9.17) is 10.3 Å². The molecule has 1 saturated carbocycles. The van der Waals surface area contributed by atoms with Gasteiger partial charge in [0.1, 0.15) is 0 Å². The molecule has 1 aliphatic rings. The number of hydrogen-bond donors (Lipinski definition) is 2. The van der Waals surface area contributed by atoms with Crippen LogP contribution < -0.4 is 11.1 Å². The first kappa shape index (κ1) is 12.0. The number of nitrogens with two attached hydrogens (primary N) is 1. The summed E-state index contributed by atoms with van der Waals surface area (Å²) in [7, 11) is 0. The number of aromatic nitrogens is 2. The summed E-state index contributed by atoms with van der Waals surface area (Å²) in [5.74, 6) is 0.695. The Labute approximate surface area is 99.9 Å². The molecule has 1 aliphatic carbocycles. The lowest BCUT2D eigenvalue weighted by atomic mass is 10.0. The molecule has 1 amide bonds. The largest absolute Gasteiger partial charge is 0.346 e. The molecular formula is C11H18N4O2. The lowest BCUT2D eigenvalue weighted by Gasteiger charge is -2.07. The van der Waals surface area contributed by atoms with Crippen LogP contribution in [0.5, 0.6) is 0 Å². The highest BCUT2D eigenvalue weighted by molar-refractivity contribution is 5.90. The Balaban J connectivity index is 1.92. The molecule has 3 N–H and O–H groups in total. The summed E-state index contributed by atoms with van der Waals surface area (Å²) in [6, 6.07) is 0.303. The monoisotopic (exact) mass is 238 g/mol. The topological polar surface area (TPSA) is 94.0 Å². The second-order valence-electron chi connectivity index (χ2n) is 4.47. The first-order valence-corrected chi connectivity index (χ1v) is 6.06. The SMILES string of the molecule is CCC(CN)Cc1nc(C(=O)NC2CC2)no1. The predicted octanol–water partition coefficient (Wildman–Crippen LogP) is 0.489. The van der Waals surface area contributed by atoms with Crippen molar-refractivity contribution in [1.82, 2.24) is 15.5 Å². The zero-order chi connectivity index (χ0) is 12.3. The molecule has 94 valence electrons. The number of hydrogen-bond acceptors (Lipinski definition) is 5. The smallest absolute Gasteiger partial charge is 0.292 e. The van der Waals surface area contributed by atoms with Gasteiger partial charge in [0.05, 0.1) is 0 Å². The fraction of sp³-hybridized carbons (Fsp3) is 0.727. The molecule has 1 aromatic rings. The van der Waals surface area contributed by atoms with E-state index in [0.29, 0.717) is 30.8 Å². The molecule has 6 heteroatoms. The first-order valence-electron chi connectivity index (χ1n) is 6.06. The van der Waals surface area contributed by atoms with Gasteiger partial charge in [-0.1, -0.05) is 18.5 Å². The summed E-state index contributed by atoms with van der Waals surface area (Å²) in [5, 5.41) is 6.50. The van der Waals surface area contributed by atoms with E-state index in [1.807, 2.05) is 0 Å². The molecule has 0 saturated heterocycles. The van der Waals surface area contributed by atoms with Crippen molar-refractivity contribution in [2.75, 3.05) is 6.54 Å². The summed E-state index contributed by atoms with van der Waals surface area (Å²) in [5.41, 5.74) is 5.60. The van der Waals surface area contributed by atoms with Crippen LogP contribution in [-0.2, 0) is 6.42 Å². The minimum atomic E-state index is -0.247. The molecule has 0 aromatic carbocycles. The van der Waals surface area contributed by atoms with Gasteiger partial charge in [-0.3, -0.25) is 4.79 Å². The highest BCUT2D eigenvalue weighted by Crippen LogP contribution is 2.19. The maximum atomic E-state index is 11.6. The Bertz CT molecular complexity index is 383. The quantitative estimate of drug-likeness (QED) is 0.752. The average Bonchev–Trinajstić information content (AvgIpc) is 3.02. The van der Waals surface area contributed by atoms with Crippen molar-refractivity contribution in [1.29, 1.82) is 0 Å². The van der Waals surface area contributed by atoms with E-state index in [1.165, 1.54) is 0 Å². The Morgan fingerprint density at radius 1 is 1.65 bits per heavy atom. The van der Waals surface area contributed by atoms with Gasteiger partial charge in [-0.2, -0.15) is 4.98 Å². The molecule has 1 atom stereocenters. The third-order valence-electron chi connectivity index (χ3n) is 2.96. The van der Waals surface area contributed by atoms with Gasteiger partial charge in [0.15, 0.2) is 0 Å². The van der Waals surface area contributed by atoms with Crippen molar-refractivity contribution in [2.24, 2.45) is 11.7 Å². The summed E-state index contributed by atoms with van der Waals surface area (Å²) in [6.45, 7) is 2.65. The predicted molar refractivity (Wildman–Crippen MR) is 61.3 cm³/mol. The molecule has 0 bridgehead atoms. The van der Waals surface area contributed by atoms with Crippen LogP contribution >= 0.6 is 0 Å². The maximum absolute atomic E-state index is 11.6. The fourth-order valence-corrected chi connectivity index (χ4v) is 1.55. The van der Waals surface area contributed by atoms with Gasteiger partial charge in [-0.05, 0) is 25.3 Å². The second kappa shape index (κ2) is 5.27. The van der Waals surface area contributed by atoms with Crippen LogP contribution in [0.25, 0.3) is 0 Å². The Morgan fingerprint density at radius 3 is 3.00 bits per heavy atom. The standard InChI is InChI=1S/C11H18N4O2/c1-2-7(6-12)5-9-14-10(15-17-9)11(16)13-8-3-4-8/h7-8H,2-6,12H2,1H3,(H,13,16). The van der Waals surface area contributed by atoms with E-state index in [0.717, 1.165) is 19.3 Å². The molecule has 1 fully saturated rings. The molecule has 2 rings (SSSR count). The highest BCUT2D eigenvalue weighted by Gasteiger charge is 2.26. The van der Waals surface area contributed by atoms with Crippen molar-refractivity contribution in [3.05, 3.63) is 11.7 Å². The Kier molecular flexibility index (Phi) is 3.73. The molecule has 1 aromatic heterocycles. The third-order valence-corrected chi connectivity index (χ3v) is 2.96. The van der Waals surface area contributed by atoms with Gasteiger partial charge < -0.3 is 15.6 Å². The molecule has 1 unspecified atom stereocenters. The molecule has 17 heavy (non-hydrogen) atoms. The number of amides is 1. The van der Waals surface area contributed by atoms with Crippen LogP contribution in [0.4, 0.5) is 0 Å². The van der Waals surface area contributed by atoms with Gasteiger partial charge in [-0.15, -0.1) is 0 Å². The lowest BCUT2D eigenvalue weighted by molar-refractivity contribution is 0.0937. The number of carbonyl (C=O) groups excluding carboxylic acids is 1. The molecule has 1 heterocycles. The number of rotatable bonds is 6. The normalized spacial score (nSPS) is 16.8. The van der Waals surface area contributed by atoms with Crippen LogP contribution in [0.3, 0.4) is 0 Å². The van der Waals surface area contributed by atoms with E-state index in [-0.39, 0.29) is 11.7 Å². The number of nitrogens with one attached hydrogen (secondary N) is 1. The van der Waals surface area contributed by atoms with Crippen LogP contribution in [0.15, 0.2) is 4.52 Å². The Hall–Kier alpha value is -1.43. The Morgan fingerprint density at radius 2 is 2.41 bits per heavy atom. The van der Waals surface area contributed by atoms with Crippen molar-refractivity contribution in [3.8, 4) is 0 Å². The second-order valence-corrected chi connectivity index (χ2v) is 4.47. The van der Waals surface area contributed by atoms with Gasteiger partial charge in [0.25, 0.3) is 11.7 Å². The highest BCUT2D eigenvalue weighted by atomic mass is 16.5. The van der Waals surface area contributed by atoms with E-state index in [2.05, 4.69) is 22.4 Å². The summed E-state index contributed by atoms with van der Waals surface area (Å²) in [4.78, 5) is 15.7. The van der Waals surface area contributed by atoms with Crippen molar-refractivity contribution >= 4 is 5.91 Å². The molecular weight excluding hydrogens is 220 g/mol. The minimum absolute atomic E-state index is 0.124. The lowest BCUT2D eigenvalue weighted by Crippen LogP contribution is -2.26. The van der Waals surface area contributed by atoms with Gasteiger partial charge in [0.2, 0.25) is 5.89 Å². The van der Waals surface area contributed by atoms with Crippen LogP contribution in [0, 0.1) is 5.92 Å². The summed E-state index contributed by atoms with van der Waals surface area (Å²) < 4.78 is 5.04. The number of nitrogens with zero attached hydrogens (tertiary/aromatic N) is 2. The van der Waals surface area contributed by atoms with E-state index < -0.39 is 0 Å². The summed E-state index contributed by atoms with van der Waals surface area (Å²) in [6.07, 6.45) is 3.68. The van der Waals surface area contributed by atoms with E-state index in [9.17, 15) is 4.79 Å². The molecule has 0 radical (unpaired) electrons. The molecule has 0 aliphatic heterocycles. The van der Waals surface area contributed by atoms with Gasteiger partial charge >= 0.3 is 0 Å². The van der Waals surface area contributed by atoms with Crippen molar-refractivity contribution < 1.29 is 9.32 Å². The molecule has 0 spiro atoms. The van der Waals surface area contributed by atoms with Crippen LogP contribution in [0.2, 0.25) is 0 Å². The van der Waals surface area contributed by atoms with E-state index >= 15 is 0 Å². The third kappa shape index (κ3) is 3.26. The van der Waals surface area contributed by atoms with Gasteiger partial charge in [-0.25, -0.2) is 0 Å². The van der Waals surface area contributed by atoms with Crippen molar-refractivity contribution in [3.63, 3.8) is 0 Å². The van der Waals surface area contributed by atoms with Gasteiger partial charge in [0, 0.05) is 12.5 Å². The number of carbonyl (C=O) groups is 1. The van der Waals surface area contributed by atoms with Crippen LogP contribution in [-0.4, -0.2) is 28.6 Å². The zero-order valence-corrected chi connectivity index (χ0v) is 9.98. The maximum Gasteiger partial charge on any atom is 0.292 e. The van der Waals surface area contributed by atoms with Crippen LogP contribution in [0.1, 0.15) is 42.7 Å². The fourth-order valence-electron chi connectivity index (χ4n) is 1.55. The molecule has 6 nitrogen and oxygen atoms in total. The summed E-state index contributed by atoms with van der Waals surface area (Å²) >= 11 is 0.